The van der Waals surface area contributed by atoms with Crippen molar-refractivity contribution < 1.29 is 9.59 Å². The largest absolute Gasteiger partial charge is 0.371 e. The molecule has 2 fully saturated rings. The Kier molecular flexibility index (Phi) is 6.28. The third-order valence-electron chi connectivity index (χ3n) is 6.53. The molecule has 0 aromatic heterocycles. The van der Waals surface area contributed by atoms with Gasteiger partial charge in [-0.25, -0.2) is 0 Å². The minimum atomic E-state index is 0.158. The van der Waals surface area contributed by atoms with E-state index in [1.54, 1.807) is 0 Å². The van der Waals surface area contributed by atoms with Crippen molar-refractivity contribution >= 4 is 17.9 Å². The normalized spacial score (nSPS) is 18.6. The number of piperidine rings is 2. The second kappa shape index (κ2) is 9.25. The summed E-state index contributed by atoms with van der Waals surface area (Å²) in [5.74, 6) is 1.21. The molecule has 2 saturated heterocycles. The number of carbonyl (C=O) groups is 2. The van der Waals surface area contributed by atoms with Gasteiger partial charge in [0.2, 0.25) is 5.91 Å². The lowest BCUT2D eigenvalue weighted by atomic mass is 9.88. The van der Waals surface area contributed by atoms with Crippen molar-refractivity contribution in [2.45, 2.75) is 32.1 Å². The zero-order valence-corrected chi connectivity index (χ0v) is 17.0. The molecule has 4 rings (SSSR count). The Balaban J connectivity index is 1.24. The van der Waals surface area contributed by atoms with Crippen molar-refractivity contribution in [1.82, 2.24) is 4.90 Å². The maximum Gasteiger partial charge on any atom is 0.225 e. The van der Waals surface area contributed by atoms with Gasteiger partial charge in [-0.1, -0.05) is 30.3 Å². The van der Waals surface area contributed by atoms with E-state index in [4.69, 9.17) is 0 Å². The summed E-state index contributed by atoms with van der Waals surface area (Å²) in [4.78, 5) is 28.3. The molecule has 2 aliphatic rings. The van der Waals surface area contributed by atoms with Gasteiger partial charge in [0.25, 0.3) is 0 Å². The summed E-state index contributed by atoms with van der Waals surface area (Å²) in [5.41, 5.74) is 3.25. The Labute approximate surface area is 173 Å². The molecule has 2 heterocycles. The van der Waals surface area contributed by atoms with Gasteiger partial charge in [-0.3, -0.25) is 9.59 Å². The predicted molar refractivity (Wildman–Crippen MR) is 116 cm³/mol. The molecule has 0 radical (unpaired) electrons. The fourth-order valence-corrected chi connectivity index (χ4v) is 4.71. The van der Waals surface area contributed by atoms with Gasteiger partial charge < -0.3 is 9.80 Å². The van der Waals surface area contributed by atoms with Crippen LogP contribution in [0.1, 0.15) is 41.6 Å². The van der Waals surface area contributed by atoms with E-state index < -0.39 is 0 Å². The summed E-state index contributed by atoms with van der Waals surface area (Å²) in [5, 5.41) is 0. The average Bonchev–Trinajstić information content (AvgIpc) is 2.80. The zero-order chi connectivity index (χ0) is 20.1. The molecular formula is C25H30N2O2. The van der Waals surface area contributed by atoms with Crippen LogP contribution in [-0.2, 0) is 11.2 Å². The van der Waals surface area contributed by atoms with Gasteiger partial charge in [0.15, 0.2) is 0 Å². The third-order valence-corrected chi connectivity index (χ3v) is 6.53. The summed E-state index contributed by atoms with van der Waals surface area (Å²) in [6.07, 6.45) is 6.06. The van der Waals surface area contributed by atoms with Crippen molar-refractivity contribution in [2.24, 2.45) is 11.8 Å². The van der Waals surface area contributed by atoms with Crippen molar-refractivity contribution in [3.8, 4) is 0 Å². The standard InChI is InChI=1S/C25H30N2O2/c28-19-22-6-8-24(9-7-22)26-16-12-23(13-17-26)25(29)27-14-10-21(11-15-27)18-20-4-2-1-3-5-20/h1-9,19,21,23H,10-18H2. The fraction of sp³-hybridized carbons (Fsp3) is 0.440. The van der Waals surface area contributed by atoms with Crippen LogP contribution in [0.5, 0.6) is 0 Å². The molecule has 2 aromatic carbocycles. The lowest BCUT2D eigenvalue weighted by Gasteiger charge is -2.38. The Bertz CT molecular complexity index is 802. The molecule has 0 unspecified atom stereocenters. The topological polar surface area (TPSA) is 40.6 Å². The Hall–Kier alpha value is -2.62. The van der Waals surface area contributed by atoms with Crippen LogP contribution in [0, 0.1) is 11.8 Å². The molecule has 0 bridgehead atoms. The lowest BCUT2D eigenvalue weighted by Crippen LogP contribution is -2.45. The van der Waals surface area contributed by atoms with Crippen molar-refractivity contribution in [3.63, 3.8) is 0 Å². The van der Waals surface area contributed by atoms with Gasteiger partial charge in [-0.05, 0) is 67.9 Å². The first-order valence-electron chi connectivity index (χ1n) is 10.9. The number of hydrogen-bond donors (Lipinski definition) is 0. The predicted octanol–water partition coefficient (Wildman–Crippen LogP) is 4.20. The second-order valence-electron chi connectivity index (χ2n) is 8.43. The van der Waals surface area contributed by atoms with Crippen LogP contribution < -0.4 is 4.90 Å². The van der Waals surface area contributed by atoms with E-state index in [1.165, 1.54) is 5.56 Å². The quantitative estimate of drug-likeness (QED) is 0.719. The van der Waals surface area contributed by atoms with Crippen LogP contribution in [0.2, 0.25) is 0 Å². The minimum absolute atomic E-state index is 0.158. The first kappa shape index (κ1) is 19.7. The number of nitrogens with zero attached hydrogens (tertiary/aromatic N) is 2. The van der Waals surface area contributed by atoms with Gasteiger partial charge in [0.1, 0.15) is 6.29 Å². The highest BCUT2D eigenvalue weighted by atomic mass is 16.2. The lowest BCUT2D eigenvalue weighted by molar-refractivity contribution is -0.137. The molecule has 0 aliphatic carbocycles. The zero-order valence-electron chi connectivity index (χ0n) is 17.0. The first-order valence-corrected chi connectivity index (χ1v) is 10.9. The van der Waals surface area contributed by atoms with E-state index in [-0.39, 0.29) is 5.92 Å². The highest BCUT2D eigenvalue weighted by Crippen LogP contribution is 2.27. The molecule has 152 valence electrons. The molecule has 1 amide bonds. The Morgan fingerprint density at radius 3 is 2.14 bits per heavy atom. The Morgan fingerprint density at radius 1 is 0.862 bits per heavy atom. The van der Waals surface area contributed by atoms with Crippen LogP contribution in [0.3, 0.4) is 0 Å². The van der Waals surface area contributed by atoms with Crippen molar-refractivity contribution in [1.29, 1.82) is 0 Å². The van der Waals surface area contributed by atoms with Crippen molar-refractivity contribution in [3.05, 3.63) is 65.7 Å². The maximum absolute atomic E-state index is 13.0. The number of amides is 1. The molecule has 0 N–H and O–H groups in total. The maximum atomic E-state index is 13.0. The van der Waals surface area contributed by atoms with Crippen LogP contribution in [0.25, 0.3) is 0 Å². The molecule has 2 aliphatic heterocycles. The van der Waals surface area contributed by atoms with E-state index in [0.29, 0.717) is 17.4 Å². The summed E-state index contributed by atoms with van der Waals surface area (Å²) in [6, 6.07) is 18.4. The van der Waals surface area contributed by atoms with Crippen LogP contribution in [-0.4, -0.2) is 43.3 Å². The molecule has 0 saturated carbocycles. The highest BCUT2D eigenvalue weighted by Gasteiger charge is 2.31. The Morgan fingerprint density at radius 2 is 1.52 bits per heavy atom. The number of aldehydes is 1. The number of benzene rings is 2. The smallest absolute Gasteiger partial charge is 0.225 e. The summed E-state index contributed by atoms with van der Waals surface area (Å²) in [7, 11) is 0. The molecule has 0 atom stereocenters. The van der Waals surface area contributed by atoms with Gasteiger partial charge >= 0.3 is 0 Å². The number of anilines is 1. The molecular weight excluding hydrogens is 360 g/mol. The van der Waals surface area contributed by atoms with E-state index in [1.807, 2.05) is 24.3 Å². The van der Waals surface area contributed by atoms with Gasteiger partial charge in [0.05, 0.1) is 0 Å². The molecule has 0 spiro atoms. The summed E-state index contributed by atoms with van der Waals surface area (Å²) < 4.78 is 0. The van der Waals surface area contributed by atoms with E-state index >= 15 is 0 Å². The number of likely N-dealkylation sites (tertiary alicyclic amines) is 1. The van der Waals surface area contributed by atoms with E-state index in [2.05, 4.69) is 40.1 Å². The monoisotopic (exact) mass is 390 g/mol. The first-order chi connectivity index (χ1) is 14.2. The van der Waals surface area contributed by atoms with Crippen molar-refractivity contribution in [2.75, 3.05) is 31.1 Å². The summed E-state index contributed by atoms with van der Waals surface area (Å²) in [6.45, 7) is 3.62. The molecule has 4 nitrogen and oxygen atoms in total. The number of carbonyl (C=O) groups excluding carboxylic acids is 2. The second-order valence-corrected chi connectivity index (χ2v) is 8.43. The third kappa shape index (κ3) is 4.87. The average molecular weight is 391 g/mol. The number of rotatable bonds is 5. The SMILES string of the molecule is O=Cc1ccc(N2CCC(C(=O)N3CCC(Cc4ccccc4)CC3)CC2)cc1. The van der Waals surface area contributed by atoms with Gasteiger partial charge in [-0.2, -0.15) is 0 Å². The fourth-order valence-electron chi connectivity index (χ4n) is 4.71. The minimum Gasteiger partial charge on any atom is -0.371 e. The molecule has 4 heteroatoms. The highest BCUT2D eigenvalue weighted by molar-refractivity contribution is 5.79. The van der Waals surface area contributed by atoms with Crippen LogP contribution in [0.15, 0.2) is 54.6 Å². The van der Waals surface area contributed by atoms with Crippen LogP contribution >= 0.6 is 0 Å². The number of hydrogen-bond acceptors (Lipinski definition) is 3. The van der Waals surface area contributed by atoms with E-state index in [0.717, 1.165) is 70.3 Å². The molecule has 2 aromatic rings. The summed E-state index contributed by atoms with van der Waals surface area (Å²) >= 11 is 0. The molecule has 29 heavy (non-hydrogen) atoms. The van der Waals surface area contributed by atoms with Gasteiger partial charge in [-0.15, -0.1) is 0 Å². The van der Waals surface area contributed by atoms with Crippen LogP contribution in [0.4, 0.5) is 5.69 Å². The van der Waals surface area contributed by atoms with E-state index in [9.17, 15) is 9.59 Å². The van der Waals surface area contributed by atoms with Gasteiger partial charge in [0, 0.05) is 43.3 Å².